The third-order valence-corrected chi connectivity index (χ3v) is 4.39. The number of nitrogens with zero attached hydrogens (tertiary/aromatic N) is 1. The molecule has 2 aliphatic heterocycles. The molecule has 0 aromatic heterocycles. The molecule has 6 nitrogen and oxygen atoms in total. The highest BCUT2D eigenvalue weighted by Gasteiger charge is 2.26. The second kappa shape index (κ2) is 7.40. The Hall–Kier alpha value is -2.50. The average Bonchev–Trinajstić information content (AvgIpc) is 2.58. The second-order valence-electron chi connectivity index (χ2n) is 7.76. The topological polar surface area (TPSA) is 67.9 Å². The third kappa shape index (κ3) is 4.77. The Morgan fingerprint density at radius 3 is 2.73 bits per heavy atom. The van der Waals surface area contributed by atoms with Crippen LogP contribution in [-0.2, 0) is 9.53 Å². The predicted molar refractivity (Wildman–Crippen MR) is 100 cm³/mol. The first kappa shape index (κ1) is 18.3. The summed E-state index contributed by atoms with van der Waals surface area (Å²) >= 11 is 0. The number of benzene rings is 1. The van der Waals surface area contributed by atoms with Crippen molar-refractivity contribution in [3.63, 3.8) is 0 Å². The minimum Gasteiger partial charge on any atom is -0.482 e. The quantitative estimate of drug-likeness (QED) is 0.876. The van der Waals surface area contributed by atoms with E-state index in [0.29, 0.717) is 30.4 Å². The summed E-state index contributed by atoms with van der Waals surface area (Å²) in [6, 6.07) is 5.76. The standard InChI is InChI=1S/C20H26N2O4/c1-20(2,3)26-19(24)22-10-8-14(9-11-22)4-5-15-6-7-17-16(12-15)21-18(23)13-25-17/h4-7,12,14H,8-11,13H2,1-3H3,(H,21,23)/b5-4+. The summed E-state index contributed by atoms with van der Waals surface area (Å²) in [4.78, 5) is 25.3. The zero-order chi connectivity index (χ0) is 18.7. The van der Waals surface area contributed by atoms with Crippen molar-refractivity contribution in [1.82, 2.24) is 4.90 Å². The van der Waals surface area contributed by atoms with E-state index in [1.807, 2.05) is 39.0 Å². The zero-order valence-electron chi connectivity index (χ0n) is 15.6. The SMILES string of the molecule is CC(C)(C)OC(=O)N1CCC(/C=C/c2ccc3c(c2)NC(=O)CO3)CC1. The first-order chi connectivity index (χ1) is 12.3. The Bertz CT molecular complexity index is 713. The monoisotopic (exact) mass is 358 g/mol. The van der Waals surface area contributed by atoms with Crippen LogP contribution in [0.25, 0.3) is 6.08 Å². The maximum atomic E-state index is 12.1. The molecule has 1 aromatic carbocycles. The largest absolute Gasteiger partial charge is 0.482 e. The van der Waals surface area contributed by atoms with Crippen LogP contribution in [0, 0.1) is 5.92 Å². The normalized spacial score (nSPS) is 18.3. The molecule has 1 N–H and O–H groups in total. The van der Waals surface area contributed by atoms with Crippen molar-refractivity contribution in [3.05, 3.63) is 29.8 Å². The number of fused-ring (bicyclic) bond motifs is 1. The first-order valence-corrected chi connectivity index (χ1v) is 9.03. The van der Waals surface area contributed by atoms with Crippen LogP contribution < -0.4 is 10.1 Å². The number of carbonyl (C=O) groups is 2. The van der Waals surface area contributed by atoms with Gasteiger partial charge in [0.2, 0.25) is 0 Å². The van der Waals surface area contributed by atoms with Gasteiger partial charge in [-0.15, -0.1) is 0 Å². The van der Waals surface area contributed by atoms with Gasteiger partial charge in [-0.1, -0.05) is 18.2 Å². The Labute approximate surface area is 154 Å². The van der Waals surface area contributed by atoms with Crippen molar-refractivity contribution in [1.29, 1.82) is 0 Å². The van der Waals surface area contributed by atoms with E-state index >= 15 is 0 Å². The molecule has 0 aliphatic carbocycles. The lowest BCUT2D eigenvalue weighted by atomic mass is 9.96. The smallest absolute Gasteiger partial charge is 0.410 e. The van der Waals surface area contributed by atoms with Crippen molar-refractivity contribution < 1.29 is 19.1 Å². The van der Waals surface area contributed by atoms with Gasteiger partial charge in [0, 0.05) is 13.1 Å². The Kier molecular flexibility index (Phi) is 5.20. The van der Waals surface area contributed by atoms with E-state index in [0.717, 1.165) is 18.4 Å². The summed E-state index contributed by atoms with van der Waals surface area (Å²) < 4.78 is 10.8. The molecule has 0 bridgehead atoms. The molecule has 0 radical (unpaired) electrons. The van der Waals surface area contributed by atoms with Gasteiger partial charge in [0.25, 0.3) is 5.91 Å². The molecule has 140 valence electrons. The van der Waals surface area contributed by atoms with Crippen LogP contribution >= 0.6 is 0 Å². The first-order valence-electron chi connectivity index (χ1n) is 9.03. The molecule has 0 unspecified atom stereocenters. The Morgan fingerprint density at radius 2 is 2.04 bits per heavy atom. The molecule has 2 aliphatic rings. The third-order valence-electron chi connectivity index (χ3n) is 4.39. The van der Waals surface area contributed by atoms with Crippen LogP contribution in [0.15, 0.2) is 24.3 Å². The Balaban J connectivity index is 1.54. The molecule has 0 spiro atoms. The van der Waals surface area contributed by atoms with Crippen LogP contribution in [0.4, 0.5) is 10.5 Å². The van der Waals surface area contributed by atoms with Crippen LogP contribution in [-0.4, -0.2) is 42.2 Å². The second-order valence-corrected chi connectivity index (χ2v) is 7.76. The van der Waals surface area contributed by atoms with Gasteiger partial charge in [-0.05, 0) is 57.2 Å². The van der Waals surface area contributed by atoms with Gasteiger partial charge in [-0.25, -0.2) is 4.79 Å². The number of amides is 2. The van der Waals surface area contributed by atoms with Crippen molar-refractivity contribution in [2.45, 2.75) is 39.2 Å². The van der Waals surface area contributed by atoms with E-state index < -0.39 is 5.60 Å². The molecular formula is C20H26N2O4. The number of rotatable bonds is 2. The highest BCUT2D eigenvalue weighted by molar-refractivity contribution is 5.95. The molecule has 2 amide bonds. The minimum atomic E-state index is -0.459. The van der Waals surface area contributed by atoms with E-state index in [9.17, 15) is 9.59 Å². The molecule has 2 heterocycles. The zero-order valence-corrected chi connectivity index (χ0v) is 15.6. The lowest BCUT2D eigenvalue weighted by Gasteiger charge is -2.32. The van der Waals surface area contributed by atoms with Crippen molar-refractivity contribution in [2.75, 3.05) is 25.0 Å². The summed E-state index contributed by atoms with van der Waals surface area (Å²) in [5.74, 6) is 0.996. The van der Waals surface area contributed by atoms with Crippen molar-refractivity contribution in [3.8, 4) is 5.75 Å². The highest BCUT2D eigenvalue weighted by atomic mass is 16.6. The molecule has 1 fully saturated rings. The van der Waals surface area contributed by atoms with Crippen molar-refractivity contribution >= 4 is 23.8 Å². The van der Waals surface area contributed by atoms with E-state index in [2.05, 4.69) is 17.5 Å². The van der Waals surface area contributed by atoms with Gasteiger partial charge in [-0.2, -0.15) is 0 Å². The van der Waals surface area contributed by atoms with Crippen LogP contribution in [0.1, 0.15) is 39.2 Å². The molecule has 26 heavy (non-hydrogen) atoms. The number of allylic oxidation sites excluding steroid dienone is 1. The van der Waals surface area contributed by atoms with E-state index in [-0.39, 0.29) is 18.6 Å². The predicted octanol–water partition coefficient (Wildman–Crippen LogP) is 3.68. The summed E-state index contributed by atoms with van der Waals surface area (Å²) in [5.41, 5.74) is 1.27. The fourth-order valence-corrected chi connectivity index (χ4v) is 3.05. The minimum absolute atomic E-state index is 0.0679. The van der Waals surface area contributed by atoms with Crippen LogP contribution in [0.5, 0.6) is 5.75 Å². The van der Waals surface area contributed by atoms with Crippen LogP contribution in [0.2, 0.25) is 0 Å². The summed E-state index contributed by atoms with van der Waals surface area (Å²) in [6.07, 6.45) is 5.85. The lowest BCUT2D eigenvalue weighted by molar-refractivity contribution is -0.118. The number of likely N-dealkylation sites (tertiary alicyclic amines) is 1. The number of piperidine rings is 1. The Morgan fingerprint density at radius 1 is 1.31 bits per heavy atom. The van der Waals surface area contributed by atoms with Gasteiger partial charge in [0.15, 0.2) is 6.61 Å². The maximum absolute atomic E-state index is 12.1. The number of anilines is 1. The summed E-state index contributed by atoms with van der Waals surface area (Å²) in [7, 11) is 0. The van der Waals surface area contributed by atoms with E-state index in [1.165, 1.54) is 0 Å². The van der Waals surface area contributed by atoms with E-state index in [4.69, 9.17) is 9.47 Å². The number of ether oxygens (including phenoxy) is 2. The molecule has 0 atom stereocenters. The molecular weight excluding hydrogens is 332 g/mol. The van der Waals surface area contributed by atoms with Crippen molar-refractivity contribution in [2.24, 2.45) is 5.92 Å². The van der Waals surface area contributed by atoms with E-state index in [1.54, 1.807) is 4.90 Å². The molecule has 6 heteroatoms. The number of carbonyl (C=O) groups excluding carboxylic acids is 2. The number of hydrogen-bond donors (Lipinski definition) is 1. The molecule has 3 rings (SSSR count). The molecule has 1 saturated heterocycles. The van der Waals surface area contributed by atoms with Gasteiger partial charge in [-0.3, -0.25) is 4.79 Å². The maximum Gasteiger partial charge on any atom is 0.410 e. The van der Waals surface area contributed by atoms with Gasteiger partial charge in [0.1, 0.15) is 11.4 Å². The molecule has 1 aromatic rings. The summed E-state index contributed by atoms with van der Waals surface area (Å²) in [5, 5.41) is 2.82. The van der Waals surface area contributed by atoms with Gasteiger partial charge in [0.05, 0.1) is 5.69 Å². The average molecular weight is 358 g/mol. The van der Waals surface area contributed by atoms with Gasteiger partial charge >= 0.3 is 6.09 Å². The lowest BCUT2D eigenvalue weighted by Crippen LogP contribution is -2.41. The highest BCUT2D eigenvalue weighted by Crippen LogP contribution is 2.29. The summed E-state index contributed by atoms with van der Waals surface area (Å²) in [6.45, 7) is 7.12. The molecule has 0 saturated carbocycles. The van der Waals surface area contributed by atoms with Gasteiger partial charge < -0.3 is 19.7 Å². The number of hydrogen-bond acceptors (Lipinski definition) is 4. The van der Waals surface area contributed by atoms with Crippen LogP contribution in [0.3, 0.4) is 0 Å². The fraction of sp³-hybridized carbons (Fsp3) is 0.500. The number of nitrogens with one attached hydrogen (secondary N) is 1. The fourth-order valence-electron chi connectivity index (χ4n) is 3.05.